The summed E-state index contributed by atoms with van der Waals surface area (Å²) in [7, 11) is 0. The van der Waals surface area contributed by atoms with E-state index >= 15 is 0 Å². The van der Waals surface area contributed by atoms with Crippen LogP contribution in [0.15, 0.2) is 30.3 Å². The zero-order chi connectivity index (χ0) is 18.4. The highest BCUT2D eigenvalue weighted by Gasteiger charge is 2.42. The Bertz CT molecular complexity index is 635. The highest BCUT2D eigenvalue weighted by Crippen LogP contribution is 2.19. The second kappa shape index (κ2) is 8.00. The molecule has 0 atom stereocenters. The lowest BCUT2D eigenvalue weighted by molar-refractivity contribution is -0.185. The maximum atomic E-state index is 12.5. The van der Waals surface area contributed by atoms with Gasteiger partial charge >= 0.3 is 12.1 Å². The van der Waals surface area contributed by atoms with Crippen molar-refractivity contribution in [2.45, 2.75) is 12.6 Å². The quantitative estimate of drug-likeness (QED) is 0.879. The maximum absolute atomic E-state index is 12.5. The van der Waals surface area contributed by atoms with Crippen LogP contribution in [0.4, 0.5) is 13.2 Å². The number of nitrogens with zero attached hydrogens (tertiary/aromatic N) is 2. The van der Waals surface area contributed by atoms with Gasteiger partial charge < -0.3 is 15.1 Å². The Kier molecular flexibility index (Phi) is 6.00. The fraction of sp³-hybridized carbons (Fsp3) is 0.438. The molecule has 25 heavy (non-hydrogen) atoms. The highest BCUT2D eigenvalue weighted by molar-refractivity contribution is 5.96. The molecule has 1 aliphatic rings. The fourth-order valence-corrected chi connectivity index (χ4v) is 2.51. The first kappa shape index (κ1) is 18.8. The molecule has 3 amide bonds. The Balaban J connectivity index is 1.85. The van der Waals surface area contributed by atoms with Crippen molar-refractivity contribution in [2.75, 3.05) is 32.7 Å². The molecule has 0 spiro atoms. The summed E-state index contributed by atoms with van der Waals surface area (Å²) in [5, 5.41) is 2.48. The minimum atomic E-state index is -4.91. The van der Waals surface area contributed by atoms with Crippen molar-refractivity contribution < 1.29 is 27.6 Å². The third kappa shape index (κ3) is 5.20. The first-order chi connectivity index (χ1) is 11.8. The summed E-state index contributed by atoms with van der Waals surface area (Å²) < 4.78 is 37.4. The van der Waals surface area contributed by atoms with Crippen LogP contribution in [0, 0.1) is 0 Å². The Labute approximate surface area is 142 Å². The predicted octanol–water partition coefficient (Wildman–Crippen LogP) is 1.04. The van der Waals surface area contributed by atoms with Gasteiger partial charge in [-0.15, -0.1) is 0 Å². The molecule has 0 bridgehead atoms. The van der Waals surface area contributed by atoms with Gasteiger partial charge in [-0.05, 0) is 18.6 Å². The van der Waals surface area contributed by atoms with E-state index in [1.165, 1.54) is 4.90 Å². The molecule has 1 fully saturated rings. The van der Waals surface area contributed by atoms with Crippen LogP contribution >= 0.6 is 0 Å². The van der Waals surface area contributed by atoms with Crippen LogP contribution < -0.4 is 5.32 Å². The Morgan fingerprint density at radius 3 is 2.20 bits per heavy atom. The number of hydrogen-bond acceptors (Lipinski definition) is 3. The Hall–Kier alpha value is -2.58. The van der Waals surface area contributed by atoms with Crippen LogP contribution in [-0.4, -0.2) is 66.4 Å². The van der Waals surface area contributed by atoms with E-state index in [0.29, 0.717) is 10.5 Å². The van der Waals surface area contributed by atoms with Crippen molar-refractivity contribution >= 4 is 17.7 Å². The molecule has 0 unspecified atom stereocenters. The minimum Gasteiger partial charge on any atom is -0.343 e. The number of hydrogen-bond donors (Lipinski definition) is 1. The molecule has 1 saturated heterocycles. The molecule has 0 saturated carbocycles. The van der Waals surface area contributed by atoms with Gasteiger partial charge in [0.1, 0.15) is 0 Å². The van der Waals surface area contributed by atoms with Crippen LogP contribution in [0.25, 0.3) is 0 Å². The van der Waals surface area contributed by atoms with Gasteiger partial charge in [0.15, 0.2) is 0 Å². The van der Waals surface area contributed by atoms with Crippen LogP contribution in [0.5, 0.6) is 0 Å². The van der Waals surface area contributed by atoms with Gasteiger partial charge in [0.05, 0.1) is 6.54 Å². The van der Waals surface area contributed by atoms with Gasteiger partial charge in [0.2, 0.25) is 5.91 Å². The van der Waals surface area contributed by atoms with Gasteiger partial charge in [0, 0.05) is 31.7 Å². The summed E-state index contributed by atoms with van der Waals surface area (Å²) in [5.74, 6) is -2.69. The average molecular weight is 357 g/mol. The van der Waals surface area contributed by atoms with Crippen LogP contribution in [0.3, 0.4) is 0 Å². The smallest absolute Gasteiger partial charge is 0.343 e. The number of amides is 3. The summed E-state index contributed by atoms with van der Waals surface area (Å²) in [6.07, 6.45) is -4.66. The highest BCUT2D eigenvalue weighted by atomic mass is 19.4. The minimum absolute atomic E-state index is 0.00185. The molecule has 0 radical (unpaired) electrons. The number of halogens is 3. The van der Waals surface area contributed by atoms with Crippen molar-refractivity contribution in [3.05, 3.63) is 35.9 Å². The van der Waals surface area contributed by atoms with E-state index in [9.17, 15) is 27.6 Å². The monoisotopic (exact) mass is 357 g/mol. The molecule has 6 nitrogen and oxygen atoms in total. The average Bonchev–Trinajstić information content (AvgIpc) is 2.84. The third-order valence-electron chi connectivity index (χ3n) is 3.81. The van der Waals surface area contributed by atoms with E-state index in [1.807, 2.05) is 0 Å². The molecule has 1 aliphatic heterocycles. The van der Waals surface area contributed by atoms with Gasteiger partial charge in [-0.1, -0.05) is 18.2 Å². The summed E-state index contributed by atoms with van der Waals surface area (Å²) >= 11 is 0. The van der Waals surface area contributed by atoms with E-state index in [-0.39, 0.29) is 39.1 Å². The van der Waals surface area contributed by atoms with Crippen LogP contribution in [0.2, 0.25) is 0 Å². The van der Waals surface area contributed by atoms with E-state index < -0.39 is 23.9 Å². The number of rotatable bonds is 3. The summed E-state index contributed by atoms with van der Waals surface area (Å²) in [6, 6.07) is 8.35. The molecule has 1 heterocycles. The summed E-state index contributed by atoms with van der Waals surface area (Å²) in [4.78, 5) is 37.4. The molecule has 1 aromatic rings. The van der Waals surface area contributed by atoms with Gasteiger partial charge in [-0.25, -0.2) is 0 Å². The lowest BCUT2D eigenvalue weighted by Gasteiger charge is -2.23. The number of nitrogens with one attached hydrogen (secondary N) is 1. The van der Waals surface area contributed by atoms with Gasteiger partial charge in [-0.2, -0.15) is 13.2 Å². The SMILES string of the molecule is O=C(NCC(=O)N1CCCN(C(=O)C(F)(F)F)CC1)c1ccccc1. The zero-order valence-corrected chi connectivity index (χ0v) is 13.4. The van der Waals surface area contributed by atoms with Crippen molar-refractivity contribution in [2.24, 2.45) is 0 Å². The van der Waals surface area contributed by atoms with Crippen LogP contribution in [0.1, 0.15) is 16.8 Å². The first-order valence-corrected chi connectivity index (χ1v) is 7.76. The van der Waals surface area contributed by atoms with E-state index in [1.54, 1.807) is 30.3 Å². The second-order valence-electron chi connectivity index (χ2n) is 5.57. The molecule has 1 N–H and O–H groups in total. The predicted molar refractivity (Wildman–Crippen MR) is 82.6 cm³/mol. The van der Waals surface area contributed by atoms with Crippen LogP contribution in [-0.2, 0) is 9.59 Å². The molecule has 136 valence electrons. The Morgan fingerprint density at radius 1 is 0.960 bits per heavy atom. The van der Waals surface area contributed by atoms with Gasteiger partial charge in [-0.3, -0.25) is 14.4 Å². The van der Waals surface area contributed by atoms with E-state index in [4.69, 9.17) is 0 Å². The number of carbonyl (C=O) groups excluding carboxylic acids is 3. The molecular formula is C16H18F3N3O3. The zero-order valence-electron chi connectivity index (χ0n) is 13.4. The van der Waals surface area contributed by atoms with Gasteiger partial charge in [0.25, 0.3) is 5.91 Å². The number of carbonyl (C=O) groups is 3. The molecular weight excluding hydrogens is 339 g/mol. The van der Waals surface area contributed by atoms with E-state index in [2.05, 4.69) is 5.32 Å². The molecule has 1 aromatic carbocycles. The topological polar surface area (TPSA) is 69.7 Å². The normalized spacial score (nSPS) is 15.5. The fourth-order valence-electron chi connectivity index (χ4n) is 2.51. The maximum Gasteiger partial charge on any atom is 0.471 e. The molecule has 2 rings (SSSR count). The molecule has 0 aromatic heterocycles. The first-order valence-electron chi connectivity index (χ1n) is 7.76. The lowest BCUT2D eigenvalue weighted by atomic mass is 10.2. The van der Waals surface area contributed by atoms with Crippen molar-refractivity contribution in [1.82, 2.24) is 15.1 Å². The summed E-state index contributed by atoms with van der Waals surface area (Å²) in [5.41, 5.74) is 0.410. The third-order valence-corrected chi connectivity index (χ3v) is 3.81. The second-order valence-corrected chi connectivity index (χ2v) is 5.57. The van der Waals surface area contributed by atoms with Crippen molar-refractivity contribution in [1.29, 1.82) is 0 Å². The number of benzene rings is 1. The number of alkyl halides is 3. The van der Waals surface area contributed by atoms with Crippen molar-refractivity contribution in [3.8, 4) is 0 Å². The summed E-state index contributed by atoms with van der Waals surface area (Å²) in [6.45, 7) is -0.250. The van der Waals surface area contributed by atoms with Crippen molar-refractivity contribution in [3.63, 3.8) is 0 Å². The molecule has 0 aliphatic carbocycles. The standard InChI is InChI=1S/C16H18F3N3O3/c17-16(18,19)15(25)22-8-4-7-21(9-10-22)13(23)11-20-14(24)12-5-2-1-3-6-12/h1-3,5-6H,4,7-11H2,(H,20,24). The molecule has 9 heteroatoms. The van der Waals surface area contributed by atoms with E-state index in [0.717, 1.165) is 0 Å². The lowest BCUT2D eigenvalue weighted by Crippen LogP contribution is -2.44. The largest absolute Gasteiger partial charge is 0.471 e. The Morgan fingerprint density at radius 2 is 1.56 bits per heavy atom.